The van der Waals surface area contributed by atoms with E-state index >= 15 is 0 Å². The Bertz CT molecular complexity index is 456. The van der Waals surface area contributed by atoms with Crippen LogP contribution in [0.1, 0.15) is 44.9 Å². The maximum atomic E-state index is 10.7. The van der Waals surface area contributed by atoms with Crippen molar-refractivity contribution < 1.29 is 9.84 Å². The summed E-state index contributed by atoms with van der Waals surface area (Å²) >= 11 is 0. The van der Waals surface area contributed by atoms with E-state index in [1.807, 2.05) is 12.1 Å². The molecule has 0 bridgehead atoms. The van der Waals surface area contributed by atoms with Gasteiger partial charge in [-0.25, -0.2) is 0 Å². The van der Waals surface area contributed by atoms with Crippen LogP contribution in [0.4, 0.5) is 0 Å². The molecular weight excluding hydrogens is 250 g/mol. The van der Waals surface area contributed by atoms with E-state index in [4.69, 9.17) is 4.74 Å². The smallest absolute Gasteiger partial charge is 0.119 e. The van der Waals surface area contributed by atoms with E-state index in [-0.39, 0.29) is 6.04 Å². The molecule has 1 aliphatic carbocycles. The molecule has 1 aromatic rings. The maximum Gasteiger partial charge on any atom is 0.119 e. The number of methoxy groups -OCH3 is 1. The van der Waals surface area contributed by atoms with Crippen molar-refractivity contribution in [1.29, 1.82) is 0 Å². The molecule has 3 heteroatoms. The molecule has 0 saturated heterocycles. The summed E-state index contributed by atoms with van der Waals surface area (Å²) in [6.07, 6.45) is 0.507. The molecule has 1 aromatic carbocycles. The van der Waals surface area contributed by atoms with E-state index in [1.54, 1.807) is 7.11 Å². The van der Waals surface area contributed by atoms with Gasteiger partial charge in [-0.2, -0.15) is 0 Å². The summed E-state index contributed by atoms with van der Waals surface area (Å²) < 4.78 is 5.27. The summed E-state index contributed by atoms with van der Waals surface area (Å²) in [6, 6.07) is 6.67. The van der Waals surface area contributed by atoms with Crippen molar-refractivity contribution in [3.63, 3.8) is 0 Å². The van der Waals surface area contributed by atoms with Gasteiger partial charge in [0, 0.05) is 18.6 Å². The summed E-state index contributed by atoms with van der Waals surface area (Å²) in [5, 5.41) is 10.7. The van der Waals surface area contributed by atoms with E-state index < -0.39 is 6.10 Å². The molecule has 0 aliphatic heterocycles. The zero-order chi connectivity index (χ0) is 14.9. The summed E-state index contributed by atoms with van der Waals surface area (Å²) in [6.45, 7) is 9.89. The van der Waals surface area contributed by atoms with Gasteiger partial charge in [0.2, 0.25) is 0 Å². The standard InChI is InChI=1S/C17H27NO2/c1-11(2)10-18(12(3)4)16-8-13-6-7-14(20-5)9-15(13)17(16)19/h6-7,9,11-12,16-17,19H,8,10H2,1-5H3. The fraction of sp³-hybridized carbons (Fsp3) is 0.647. The molecule has 0 aromatic heterocycles. The van der Waals surface area contributed by atoms with Crippen LogP contribution in [-0.2, 0) is 6.42 Å². The largest absolute Gasteiger partial charge is 0.497 e. The molecule has 0 spiro atoms. The fourth-order valence-electron chi connectivity index (χ4n) is 3.15. The summed E-state index contributed by atoms with van der Waals surface area (Å²) in [7, 11) is 1.67. The van der Waals surface area contributed by atoms with Crippen molar-refractivity contribution in [2.45, 2.75) is 52.3 Å². The average molecular weight is 277 g/mol. The van der Waals surface area contributed by atoms with Crippen molar-refractivity contribution in [1.82, 2.24) is 4.90 Å². The van der Waals surface area contributed by atoms with E-state index in [0.717, 1.165) is 24.3 Å². The number of nitrogens with zero attached hydrogens (tertiary/aromatic N) is 1. The first-order valence-electron chi connectivity index (χ1n) is 7.54. The van der Waals surface area contributed by atoms with Crippen molar-refractivity contribution in [2.75, 3.05) is 13.7 Å². The van der Waals surface area contributed by atoms with Gasteiger partial charge in [0.15, 0.2) is 0 Å². The highest BCUT2D eigenvalue weighted by atomic mass is 16.5. The molecule has 2 atom stereocenters. The lowest BCUT2D eigenvalue weighted by Crippen LogP contribution is -2.44. The first-order chi connectivity index (χ1) is 9.43. The van der Waals surface area contributed by atoms with Crippen LogP contribution in [0.5, 0.6) is 5.75 Å². The topological polar surface area (TPSA) is 32.7 Å². The predicted molar refractivity (Wildman–Crippen MR) is 82.1 cm³/mol. The van der Waals surface area contributed by atoms with Gasteiger partial charge in [0.05, 0.1) is 13.2 Å². The third-order valence-corrected chi connectivity index (χ3v) is 4.13. The molecule has 112 valence electrons. The van der Waals surface area contributed by atoms with E-state index in [0.29, 0.717) is 12.0 Å². The lowest BCUT2D eigenvalue weighted by molar-refractivity contribution is 0.0349. The van der Waals surface area contributed by atoms with Crippen LogP contribution in [0, 0.1) is 5.92 Å². The number of aliphatic hydroxyl groups excluding tert-OH is 1. The highest BCUT2D eigenvalue weighted by Crippen LogP contribution is 2.37. The fourth-order valence-corrected chi connectivity index (χ4v) is 3.15. The Balaban J connectivity index is 2.23. The minimum absolute atomic E-state index is 0.180. The van der Waals surface area contributed by atoms with Gasteiger partial charge in [-0.15, -0.1) is 0 Å². The van der Waals surface area contributed by atoms with Crippen LogP contribution in [0.3, 0.4) is 0 Å². The van der Waals surface area contributed by atoms with E-state index in [2.05, 4.69) is 38.7 Å². The third-order valence-electron chi connectivity index (χ3n) is 4.13. The molecule has 0 amide bonds. The highest BCUT2D eigenvalue weighted by molar-refractivity contribution is 5.41. The summed E-state index contributed by atoms with van der Waals surface area (Å²) in [5.41, 5.74) is 2.28. The molecule has 20 heavy (non-hydrogen) atoms. The Kier molecular flexibility index (Phi) is 4.71. The minimum Gasteiger partial charge on any atom is -0.497 e. The molecule has 0 radical (unpaired) electrons. The zero-order valence-corrected chi connectivity index (χ0v) is 13.3. The van der Waals surface area contributed by atoms with Gasteiger partial charge in [0.25, 0.3) is 0 Å². The van der Waals surface area contributed by atoms with Crippen molar-refractivity contribution in [3.05, 3.63) is 29.3 Å². The van der Waals surface area contributed by atoms with Crippen molar-refractivity contribution in [3.8, 4) is 5.75 Å². The first-order valence-corrected chi connectivity index (χ1v) is 7.54. The minimum atomic E-state index is -0.416. The number of hydrogen-bond donors (Lipinski definition) is 1. The van der Waals surface area contributed by atoms with Crippen molar-refractivity contribution >= 4 is 0 Å². The van der Waals surface area contributed by atoms with Gasteiger partial charge in [-0.05, 0) is 49.4 Å². The number of aliphatic hydroxyl groups is 1. The number of fused-ring (bicyclic) bond motifs is 1. The van der Waals surface area contributed by atoms with Gasteiger partial charge < -0.3 is 9.84 Å². The SMILES string of the molecule is COc1ccc2c(c1)C(O)C(N(CC(C)C)C(C)C)C2. The molecule has 3 nitrogen and oxygen atoms in total. The Morgan fingerprint density at radius 3 is 2.55 bits per heavy atom. The lowest BCUT2D eigenvalue weighted by atomic mass is 10.1. The zero-order valence-electron chi connectivity index (χ0n) is 13.3. The second-order valence-electron chi connectivity index (χ2n) is 6.47. The van der Waals surface area contributed by atoms with Gasteiger partial charge in [-0.3, -0.25) is 4.90 Å². The van der Waals surface area contributed by atoms with Crippen molar-refractivity contribution in [2.24, 2.45) is 5.92 Å². The van der Waals surface area contributed by atoms with Crippen LogP contribution >= 0.6 is 0 Å². The Morgan fingerprint density at radius 2 is 2.00 bits per heavy atom. The monoisotopic (exact) mass is 277 g/mol. The molecular formula is C17H27NO2. The molecule has 0 fully saturated rings. The van der Waals surface area contributed by atoms with Crippen LogP contribution in [-0.4, -0.2) is 35.7 Å². The van der Waals surface area contributed by atoms with Crippen LogP contribution in [0.25, 0.3) is 0 Å². The molecule has 2 unspecified atom stereocenters. The second-order valence-corrected chi connectivity index (χ2v) is 6.47. The maximum absolute atomic E-state index is 10.7. The highest BCUT2D eigenvalue weighted by Gasteiger charge is 2.36. The summed E-state index contributed by atoms with van der Waals surface area (Å²) in [4.78, 5) is 2.43. The molecule has 0 heterocycles. The second kappa shape index (κ2) is 6.15. The van der Waals surface area contributed by atoms with E-state index in [1.165, 1.54) is 5.56 Å². The van der Waals surface area contributed by atoms with Gasteiger partial charge in [-0.1, -0.05) is 19.9 Å². The first kappa shape index (κ1) is 15.3. The van der Waals surface area contributed by atoms with Crippen LogP contribution in [0.2, 0.25) is 0 Å². The number of rotatable bonds is 5. The van der Waals surface area contributed by atoms with Gasteiger partial charge >= 0.3 is 0 Å². The Hall–Kier alpha value is -1.06. The Labute approximate surface area is 122 Å². The molecule has 1 aliphatic rings. The summed E-state index contributed by atoms with van der Waals surface area (Å²) in [5.74, 6) is 1.42. The molecule has 2 rings (SSSR count). The third kappa shape index (κ3) is 2.99. The molecule has 0 saturated carbocycles. The molecule has 1 N–H and O–H groups in total. The van der Waals surface area contributed by atoms with E-state index in [9.17, 15) is 5.11 Å². The van der Waals surface area contributed by atoms with Gasteiger partial charge in [0.1, 0.15) is 5.75 Å². The number of hydrogen-bond acceptors (Lipinski definition) is 3. The predicted octanol–water partition coefficient (Wildman–Crippen LogP) is 3.02. The quantitative estimate of drug-likeness (QED) is 0.898. The van der Waals surface area contributed by atoms with Crippen LogP contribution < -0.4 is 4.74 Å². The number of benzene rings is 1. The lowest BCUT2D eigenvalue weighted by Gasteiger charge is -2.35. The Morgan fingerprint density at radius 1 is 1.30 bits per heavy atom. The average Bonchev–Trinajstić information content (AvgIpc) is 2.72. The normalized spacial score (nSPS) is 21.9. The number of ether oxygens (including phenoxy) is 1. The van der Waals surface area contributed by atoms with Crippen LogP contribution in [0.15, 0.2) is 18.2 Å².